The SMILES string of the molecule is O=C(NCCc1ccccc1)c1coc(CSc2nnc(-c3ccccc3Cl)n2-c2ccccc2)n1. The molecule has 0 bridgehead atoms. The maximum Gasteiger partial charge on any atom is 0.273 e. The van der Waals surface area contributed by atoms with Crippen LogP contribution in [0.4, 0.5) is 0 Å². The van der Waals surface area contributed by atoms with Gasteiger partial charge in [-0.3, -0.25) is 9.36 Å². The zero-order valence-electron chi connectivity index (χ0n) is 19.2. The fourth-order valence-corrected chi connectivity index (χ4v) is 4.68. The molecule has 0 fully saturated rings. The standard InChI is InChI=1S/C27H22ClN5O2S/c28-22-14-8-7-13-21(22)25-31-32-27(33(25)20-11-5-2-6-12-20)36-18-24-30-23(17-35-24)26(34)29-16-15-19-9-3-1-4-10-19/h1-14,17H,15-16,18H2,(H,29,34). The molecule has 5 aromatic rings. The monoisotopic (exact) mass is 515 g/mol. The van der Waals surface area contributed by atoms with Gasteiger partial charge in [0, 0.05) is 17.8 Å². The summed E-state index contributed by atoms with van der Waals surface area (Å²) >= 11 is 7.87. The van der Waals surface area contributed by atoms with E-state index in [0.29, 0.717) is 34.2 Å². The lowest BCUT2D eigenvalue weighted by Gasteiger charge is -2.10. The van der Waals surface area contributed by atoms with E-state index in [9.17, 15) is 4.79 Å². The average molecular weight is 516 g/mol. The second-order valence-electron chi connectivity index (χ2n) is 7.86. The van der Waals surface area contributed by atoms with E-state index in [-0.39, 0.29) is 11.6 Å². The van der Waals surface area contributed by atoms with Crippen LogP contribution in [-0.4, -0.2) is 32.2 Å². The third-order valence-electron chi connectivity index (χ3n) is 5.41. The van der Waals surface area contributed by atoms with Gasteiger partial charge in [-0.25, -0.2) is 4.98 Å². The Morgan fingerprint density at radius 3 is 2.44 bits per heavy atom. The quantitative estimate of drug-likeness (QED) is 0.248. The molecule has 2 aromatic heterocycles. The van der Waals surface area contributed by atoms with Crippen molar-refractivity contribution in [3.05, 3.63) is 113 Å². The topological polar surface area (TPSA) is 85.8 Å². The van der Waals surface area contributed by atoms with Crippen LogP contribution in [0.15, 0.2) is 101 Å². The van der Waals surface area contributed by atoms with Crippen molar-refractivity contribution in [2.24, 2.45) is 0 Å². The number of hydrogen-bond donors (Lipinski definition) is 1. The second kappa shape index (κ2) is 11.2. The van der Waals surface area contributed by atoms with Crippen molar-refractivity contribution < 1.29 is 9.21 Å². The number of amides is 1. The fourth-order valence-electron chi connectivity index (χ4n) is 3.65. The van der Waals surface area contributed by atoms with Crippen LogP contribution in [0.5, 0.6) is 0 Å². The van der Waals surface area contributed by atoms with Gasteiger partial charge in [0.1, 0.15) is 6.26 Å². The summed E-state index contributed by atoms with van der Waals surface area (Å²) in [7, 11) is 0. The Kier molecular flexibility index (Phi) is 7.44. The number of hydrogen-bond acceptors (Lipinski definition) is 6. The Hall–Kier alpha value is -3.88. The number of carbonyl (C=O) groups is 1. The molecule has 0 unspecified atom stereocenters. The maximum absolute atomic E-state index is 12.5. The summed E-state index contributed by atoms with van der Waals surface area (Å²) in [5.74, 6) is 1.18. The molecule has 5 rings (SSSR count). The summed E-state index contributed by atoms with van der Waals surface area (Å²) < 4.78 is 7.51. The fraction of sp³-hybridized carbons (Fsp3) is 0.111. The lowest BCUT2D eigenvalue weighted by molar-refractivity contribution is 0.0949. The summed E-state index contributed by atoms with van der Waals surface area (Å²) in [6.45, 7) is 0.519. The van der Waals surface area contributed by atoms with E-state index in [0.717, 1.165) is 23.2 Å². The van der Waals surface area contributed by atoms with Gasteiger partial charge in [-0.05, 0) is 36.2 Å². The van der Waals surface area contributed by atoms with Crippen molar-refractivity contribution in [1.29, 1.82) is 0 Å². The van der Waals surface area contributed by atoms with Gasteiger partial charge in [-0.15, -0.1) is 10.2 Å². The molecule has 2 heterocycles. The van der Waals surface area contributed by atoms with Crippen LogP contribution >= 0.6 is 23.4 Å². The Morgan fingerprint density at radius 1 is 0.944 bits per heavy atom. The van der Waals surface area contributed by atoms with Crippen LogP contribution < -0.4 is 5.32 Å². The highest BCUT2D eigenvalue weighted by Gasteiger charge is 2.19. The second-order valence-corrected chi connectivity index (χ2v) is 9.21. The molecule has 0 radical (unpaired) electrons. The molecule has 0 saturated heterocycles. The van der Waals surface area contributed by atoms with E-state index in [1.165, 1.54) is 18.0 Å². The molecule has 1 N–H and O–H groups in total. The van der Waals surface area contributed by atoms with Crippen LogP contribution in [0.25, 0.3) is 17.1 Å². The van der Waals surface area contributed by atoms with E-state index >= 15 is 0 Å². The number of carbonyl (C=O) groups excluding carboxylic acids is 1. The van der Waals surface area contributed by atoms with Gasteiger partial charge in [0.05, 0.1) is 10.8 Å². The first-order chi connectivity index (χ1) is 17.7. The number of oxazole rings is 1. The molecule has 0 aliphatic carbocycles. The van der Waals surface area contributed by atoms with Gasteiger partial charge in [0.15, 0.2) is 16.7 Å². The first-order valence-corrected chi connectivity index (χ1v) is 12.7. The summed E-state index contributed by atoms with van der Waals surface area (Å²) in [4.78, 5) is 16.8. The molecule has 3 aromatic carbocycles. The van der Waals surface area contributed by atoms with Crippen molar-refractivity contribution in [2.75, 3.05) is 6.54 Å². The number of nitrogens with zero attached hydrogens (tertiary/aromatic N) is 4. The Labute approximate surface area is 217 Å². The van der Waals surface area contributed by atoms with Crippen molar-refractivity contribution in [2.45, 2.75) is 17.3 Å². The predicted octanol–water partition coefficient (Wildman–Crippen LogP) is 5.84. The number of halogens is 1. The van der Waals surface area contributed by atoms with Crippen LogP contribution in [0, 0.1) is 0 Å². The number of aromatic nitrogens is 4. The molecule has 36 heavy (non-hydrogen) atoms. The number of benzene rings is 3. The number of nitrogens with one attached hydrogen (secondary N) is 1. The first kappa shape index (κ1) is 23.8. The molecule has 0 atom stereocenters. The van der Waals surface area contributed by atoms with Gasteiger partial charge in [0.2, 0.25) is 5.89 Å². The van der Waals surface area contributed by atoms with E-state index < -0.39 is 0 Å². The first-order valence-electron chi connectivity index (χ1n) is 11.3. The minimum atomic E-state index is -0.264. The minimum absolute atomic E-state index is 0.250. The van der Waals surface area contributed by atoms with Crippen LogP contribution in [-0.2, 0) is 12.2 Å². The van der Waals surface area contributed by atoms with E-state index in [2.05, 4.69) is 20.5 Å². The lowest BCUT2D eigenvalue weighted by atomic mass is 10.1. The third-order valence-corrected chi connectivity index (χ3v) is 6.66. The summed E-state index contributed by atoms with van der Waals surface area (Å²) in [6, 6.07) is 27.4. The third kappa shape index (κ3) is 5.50. The Bertz CT molecular complexity index is 1450. The smallest absolute Gasteiger partial charge is 0.273 e. The van der Waals surface area contributed by atoms with Gasteiger partial charge >= 0.3 is 0 Å². The van der Waals surface area contributed by atoms with Crippen LogP contribution in [0.1, 0.15) is 21.9 Å². The zero-order chi connectivity index (χ0) is 24.7. The molecule has 0 aliphatic heterocycles. The van der Waals surface area contributed by atoms with E-state index in [4.69, 9.17) is 16.0 Å². The predicted molar refractivity (Wildman–Crippen MR) is 140 cm³/mol. The number of rotatable bonds is 9. The highest BCUT2D eigenvalue weighted by atomic mass is 35.5. The Morgan fingerprint density at radius 2 is 1.67 bits per heavy atom. The van der Waals surface area contributed by atoms with Gasteiger partial charge in [-0.2, -0.15) is 0 Å². The normalized spacial score (nSPS) is 10.9. The highest BCUT2D eigenvalue weighted by Crippen LogP contribution is 2.32. The van der Waals surface area contributed by atoms with Gasteiger partial charge < -0.3 is 9.73 Å². The van der Waals surface area contributed by atoms with Crippen LogP contribution in [0.2, 0.25) is 5.02 Å². The minimum Gasteiger partial charge on any atom is -0.447 e. The Balaban J connectivity index is 1.28. The zero-order valence-corrected chi connectivity index (χ0v) is 20.7. The summed E-state index contributed by atoms with van der Waals surface area (Å²) in [5, 5.41) is 13.0. The maximum atomic E-state index is 12.5. The molecule has 180 valence electrons. The van der Waals surface area contributed by atoms with Gasteiger partial charge in [-0.1, -0.05) is 84.0 Å². The molecule has 0 aliphatic rings. The van der Waals surface area contributed by atoms with Gasteiger partial charge in [0.25, 0.3) is 5.91 Å². The number of thioether (sulfide) groups is 1. The summed E-state index contributed by atoms with van der Waals surface area (Å²) in [6.07, 6.45) is 2.13. The number of para-hydroxylation sites is 1. The molecule has 0 spiro atoms. The van der Waals surface area contributed by atoms with Crippen LogP contribution in [0.3, 0.4) is 0 Å². The van der Waals surface area contributed by atoms with Crippen molar-refractivity contribution in [3.8, 4) is 17.1 Å². The molecular weight excluding hydrogens is 494 g/mol. The van der Waals surface area contributed by atoms with E-state index in [1.807, 2.05) is 89.5 Å². The molecule has 9 heteroatoms. The largest absolute Gasteiger partial charge is 0.447 e. The lowest BCUT2D eigenvalue weighted by Crippen LogP contribution is -2.26. The molecular formula is C27H22ClN5O2S. The highest BCUT2D eigenvalue weighted by molar-refractivity contribution is 7.98. The molecule has 1 amide bonds. The average Bonchev–Trinajstić information content (AvgIpc) is 3.56. The van der Waals surface area contributed by atoms with Crippen molar-refractivity contribution >= 4 is 29.3 Å². The molecule has 7 nitrogen and oxygen atoms in total. The van der Waals surface area contributed by atoms with Crippen molar-refractivity contribution in [1.82, 2.24) is 25.1 Å². The molecule has 0 saturated carbocycles. The van der Waals surface area contributed by atoms with Crippen molar-refractivity contribution in [3.63, 3.8) is 0 Å². The van der Waals surface area contributed by atoms with E-state index in [1.54, 1.807) is 0 Å². The summed E-state index contributed by atoms with van der Waals surface area (Å²) in [5.41, 5.74) is 3.10.